The Morgan fingerprint density at radius 2 is 2.17 bits per heavy atom. The molecule has 2 rings (SSSR count). The van der Waals surface area contributed by atoms with Gasteiger partial charge in [-0.05, 0) is 38.4 Å². The van der Waals surface area contributed by atoms with Gasteiger partial charge >= 0.3 is 0 Å². The van der Waals surface area contributed by atoms with Gasteiger partial charge in [-0.2, -0.15) is 4.98 Å². The van der Waals surface area contributed by atoms with Gasteiger partial charge in [0.05, 0.1) is 0 Å². The Bertz CT molecular complexity index is 351. The van der Waals surface area contributed by atoms with Crippen LogP contribution in [0.3, 0.4) is 0 Å². The van der Waals surface area contributed by atoms with Crippen LogP contribution >= 0.6 is 0 Å². The van der Waals surface area contributed by atoms with Gasteiger partial charge in [-0.15, -0.1) is 0 Å². The number of nitrogens with zero attached hydrogens (tertiary/aromatic N) is 2. The van der Waals surface area contributed by atoms with E-state index in [9.17, 15) is 0 Å². The highest BCUT2D eigenvalue weighted by molar-refractivity contribution is 5.36. The van der Waals surface area contributed by atoms with Crippen LogP contribution in [0.2, 0.25) is 0 Å². The van der Waals surface area contributed by atoms with Gasteiger partial charge in [-0.3, -0.25) is 4.90 Å². The summed E-state index contributed by atoms with van der Waals surface area (Å²) < 4.78 is 5.70. The molecule has 1 fully saturated rings. The highest BCUT2D eigenvalue weighted by atomic mass is 16.5. The summed E-state index contributed by atoms with van der Waals surface area (Å²) >= 11 is 0. The zero-order chi connectivity index (χ0) is 12.6. The third kappa shape index (κ3) is 4.18. The number of likely N-dealkylation sites (tertiary alicyclic amines) is 1. The quantitative estimate of drug-likeness (QED) is 0.805. The highest BCUT2D eigenvalue weighted by Crippen LogP contribution is 2.12. The molecule has 18 heavy (non-hydrogen) atoms. The highest BCUT2D eigenvalue weighted by Gasteiger charge is 2.10. The van der Waals surface area contributed by atoms with E-state index in [4.69, 9.17) is 4.74 Å². The summed E-state index contributed by atoms with van der Waals surface area (Å²) in [6.45, 7) is 7.26. The normalized spacial score (nSPS) is 15.8. The second kappa shape index (κ2) is 7.21. The fourth-order valence-corrected chi connectivity index (χ4v) is 2.13. The molecule has 100 valence electrons. The summed E-state index contributed by atoms with van der Waals surface area (Å²) in [5.41, 5.74) is 0. The van der Waals surface area contributed by atoms with Crippen molar-refractivity contribution in [3.8, 4) is 5.88 Å². The van der Waals surface area contributed by atoms with Crippen molar-refractivity contribution < 1.29 is 4.74 Å². The van der Waals surface area contributed by atoms with Crippen LogP contribution in [0.1, 0.15) is 26.2 Å². The van der Waals surface area contributed by atoms with Gasteiger partial charge in [0.1, 0.15) is 12.4 Å². The largest absolute Gasteiger partial charge is 0.476 e. The average Bonchev–Trinajstić information content (AvgIpc) is 2.90. The van der Waals surface area contributed by atoms with Crippen LogP contribution in [0.4, 0.5) is 5.82 Å². The van der Waals surface area contributed by atoms with E-state index in [2.05, 4.69) is 22.1 Å². The minimum atomic E-state index is 0.718. The molecule has 4 heteroatoms. The van der Waals surface area contributed by atoms with Crippen LogP contribution in [0.5, 0.6) is 5.88 Å². The van der Waals surface area contributed by atoms with Crippen molar-refractivity contribution in [3.05, 3.63) is 18.2 Å². The number of aromatic nitrogens is 1. The molecule has 4 nitrogen and oxygen atoms in total. The number of rotatable bonds is 7. The first-order chi connectivity index (χ1) is 8.88. The van der Waals surface area contributed by atoms with Crippen LogP contribution in [0.15, 0.2) is 18.2 Å². The molecule has 0 saturated carbocycles. The molecule has 0 radical (unpaired) electrons. The van der Waals surface area contributed by atoms with Gasteiger partial charge in [0, 0.05) is 19.2 Å². The molecule has 0 atom stereocenters. The van der Waals surface area contributed by atoms with Crippen LogP contribution in [0.25, 0.3) is 0 Å². The number of ether oxygens (including phenoxy) is 1. The van der Waals surface area contributed by atoms with E-state index < -0.39 is 0 Å². The first-order valence-corrected chi connectivity index (χ1v) is 6.94. The zero-order valence-corrected chi connectivity index (χ0v) is 11.2. The molecule has 0 bridgehead atoms. The van der Waals surface area contributed by atoms with Gasteiger partial charge < -0.3 is 10.1 Å². The van der Waals surface area contributed by atoms with Crippen molar-refractivity contribution in [2.24, 2.45) is 0 Å². The fraction of sp³-hybridized carbons (Fsp3) is 0.643. The fourth-order valence-electron chi connectivity index (χ4n) is 2.13. The van der Waals surface area contributed by atoms with E-state index in [1.54, 1.807) is 0 Å². The topological polar surface area (TPSA) is 37.4 Å². The van der Waals surface area contributed by atoms with E-state index in [1.165, 1.54) is 25.9 Å². The molecule has 0 aromatic carbocycles. The lowest BCUT2D eigenvalue weighted by Crippen LogP contribution is -2.25. The van der Waals surface area contributed by atoms with Gasteiger partial charge in [0.25, 0.3) is 0 Å². The lowest BCUT2D eigenvalue weighted by atomic mass is 10.4. The molecule has 0 unspecified atom stereocenters. The summed E-state index contributed by atoms with van der Waals surface area (Å²) in [4.78, 5) is 6.87. The number of hydrogen-bond acceptors (Lipinski definition) is 4. The van der Waals surface area contributed by atoms with Crippen LogP contribution in [-0.4, -0.2) is 42.7 Å². The molecule has 0 amide bonds. The maximum atomic E-state index is 5.70. The van der Waals surface area contributed by atoms with Crippen molar-refractivity contribution in [2.75, 3.05) is 38.1 Å². The lowest BCUT2D eigenvalue weighted by molar-refractivity contribution is 0.232. The Morgan fingerprint density at radius 1 is 1.33 bits per heavy atom. The average molecular weight is 249 g/mol. The predicted molar refractivity (Wildman–Crippen MR) is 74.2 cm³/mol. The second-order valence-corrected chi connectivity index (χ2v) is 4.69. The number of nitrogens with one attached hydrogen (secondary N) is 1. The van der Waals surface area contributed by atoms with Gasteiger partial charge in [-0.25, -0.2) is 0 Å². The SMILES string of the molecule is CCCNc1cccc(OCCN2CCCC2)n1. The molecular formula is C14H23N3O. The number of hydrogen-bond donors (Lipinski definition) is 1. The van der Waals surface area contributed by atoms with E-state index in [0.29, 0.717) is 0 Å². The second-order valence-electron chi connectivity index (χ2n) is 4.69. The van der Waals surface area contributed by atoms with Crippen molar-refractivity contribution in [1.82, 2.24) is 9.88 Å². The van der Waals surface area contributed by atoms with Crippen molar-refractivity contribution in [3.63, 3.8) is 0 Å². The van der Waals surface area contributed by atoms with Crippen molar-refractivity contribution >= 4 is 5.82 Å². The third-order valence-electron chi connectivity index (χ3n) is 3.14. The first-order valence-electron chi connectivity index (χ1n) is 6.94. The minimum Gasteiger partial charge on any atom is -0.476 e. The summed E-state index contributed by atoms with van der Waals surface area (Å²) in [6.07, 6.45) is 3.76. The lowest BCUT2D eigenvalue weighted by Gasteiger charge is -2.14. The van der Waals surface area contributed by atoms with Gasteiger partial charge in [0.15, 0.2) is 0 Å². The van der Waals surface area contributed by atoms with Gasteiger partial charge in [-0.1, -0.05) is 13.0 Å². The smallest absolute Gasteiger partial charge is 0.215 e. The Kier molecular flexibility index (Phi) is 5.27. The molecule has 1 N–H and O–H groups in total. The molecule has 1 saturated heterocycles. The Balaban J connectivity index is 1.74. The third-order valence-corrected chi connectivity index (χ3v) is 3.14. The molecule has 2 heterocycles. The Labute approximate surface area is 109 Å². The number of anilines is 1. The summed E-state index contributed by atoms with van der Waals surface area (Å²) in [5.74, 6) is 1.62. The molecular weight excluding hydrogens is 226 g/mol. The Hall–Kier alpha value is -1.29. The maximum Gasteiger partial charge on any atom is 0.215 e. The summed E-state index contributed by atoms with van der Waals surface area (Å²) in [6, 6.07) is 5.88. The summed E-state index contributed by atoms with van der Waals surface area (Å²) in [7, 11) is 0. The molecule has 1 aromatic heterocycles. The molecule has 1 aliphatic heterocycles. The summed E-state index contributed by atoms with van der Waals surface area (Å²) in [5, 5.41) is 3.26. The van der Waals surface area contributed by atoms with Gasteiger partial charge in [0.2, 0.25) is 5.88 Å². The molecule has 1 aromatic rings. The van der Waals surface area contributed by atoms with Crippen LogP contribution in [-0.2, 0) is 0 Å². The van der Waals surface area contributed by atoms with Crippen LogP contribution < -0.4 is 10.1 Å². The monoisotopic (exact) mass is 249 g/mol. The minimum absolute atomic E-state index is 0.718. The van der Waals surface area contributed by atoms with E-state index in [-0.39, 0.29) is 0 Å². The maximum absolute atomic E-state index is 5.70. The van der Waals surface area contributed by atoms with Crippen molar-refractivity contribution in [1.29, 1.82) is 0 Å². The molecule has 0 spiro atoms. The van der Waals surface area contributed by atoms with E-state index in [1.807, 2.05) is 18.2 Å². The van der Waals surface area contributed by atoms with Crippen molar-refractivity contribution in [2.45, 2.75) is 26.2 Å². The predicted octanol–water partition coefficient (Wildman–Crippen LogP) is 2.38. The van der Waals surface area contributed by atoms with E-state index >= 15 is 0 Å². The van der Waals surface area contributed by atoms with Crippen LogP contribution in [0, 0.1) is 0 Å². The molecule has 1 aliphatic rings. The molecule has 0 aliphatic carbocycles. The number of pyridine rings is 1. The standard InChI is InChI=1S/C14H23N3O/c1-2-8-15-13-6-5-7-14(16-13)18-12-11-17-9-3-4-10-17/h5-7H,2-4,8-12H2,1H3,(H,15,16). The Morgan fingerprint density at radius 3 is 2.94 bits per heavy atom. The zero-order valence-electron chi connectivity index (χ0n) is 11.2. The first kappa shape index (κ1) is 13.1. The van der Waals surface area contributed by atoms with E-state index in [0.717, 1.165) is 37.8 Å².